The summed E-state index contributed by atoms with van der Waals surface area (Å²) in [6.45, 7) is 4.53. The van der Waals surface area contributed by atoms with E-state index in [1.165, 1.54) is 22.0 Å². The zero-order valence-electron chi connectivity index (χ0n) is 14.7. The van der Waals surface area contributed by atoms with Crippen LogP contribution >= 0.6 is 12.4 Å². The fraction of sp³-hybridized carbons (Fsp3) is 0.238. The van der Waals surface area contributed by atoms with Gasteiger partial charge in [0.15, 0.2) is 0 Å². The van der Waals surface area contributed by atoms with Crippen LogP contribution in [0.25, 0.3) is 17.0 Å². The van der Waals surface area contributed by atoms with Gasteiger partial charge in [-0.2, -0.15) is 0 Å². The lowest BCUT2D eigenvalue weighted by atomic mass is 10.1. The Hall–Kier alpha value is -2.23. The van der Waals surface area contributed by atoms with Crippen molar-refractivity contribution in [2.24, 2.45) is 0 Å². The molecule has 4 heteroatoms. The number of hydrogen-bond acceptors (Lipinski definition) is 2. The van der Waals surface area contributed by atoms with Gasteiger partial charge in [-0.3, -0.25) is 4.90 Å². The van der Waals surface area contributed by atoms with Crippen LogP contribution in [0.3, 0.4) is 0 Å². The first kappa shape index (κ1) is 19.1. The molecule has 1 aromatic heterocycles. The van der Waals surface area contributed by atoms with Gasteiger partial charge in [-0.15, -0.1) is 12.4 Å². The fourth-order valence-corrected chi connectivity index (χ4v) is 2.85. The minimum Gasteiger partial charge on any atom is -0.494 e. The standard InChI is InChI=1S/C21H24N2O.ClH/c1-3-24-20-11-9-17(10-12-20)6-5-15-23(2)16-19-8-4-7-18-13-14-22-21(18)19;/h4-14,22H,3,15-16H2,1-2H3;1H/b6-5+;. The van der Waals surface area contributed by atoms with Gasteiger partial charge in [0.25, 0.3) is 0 Å². The average molecular weight is 357 g/mol. The third kappa shape index (κ3) is 5.12. The van der Waals surface area contributed by atoms with Gasteiger partial charge in [-0.05, 0) is 48.7 Å². The van der Waals surface area contributed by atoms with Gasteiger partial charge >= 0.3 is 0 Å². The average Bonchev–Trinajstić information content (AvgIpc) is 3.06. The Kier molecular flexibility index (Phi) is 7.11. The van der Waals surface area contributed by atoms with Crippen molar-refractivity contribution in [2.45, 2.75) is 13.5 Å². The van der Waals surface area contributed by atoms with Crippen LogP contribution in [0, 0.1) is 0 Å². The number of fused-ring (bicyclic) bond motifs is 1. The summed E-state index contributed by atoms with van der Waals surface area (Å²) in [5, 5.41) is 1.27. The highest BCUT2D eigenvalue weighted by molar-refractivity contribution is 5.85. The van der Waals surface area contributed by atoms with E-state index >= 15 is 0 Å². The fourth-order valence-electron chi connectivity index (χ4n) is 2.85. The molecule has 1 heterocycles. The van der Waals surface area contributed by atoms with E-state index in [0.29, 0.717) is 6.61 Å². The van der Waals surface area contributed by atoms with Crippen LogP contribution < -0.4 is 4.74 Å². The molecule has 0 saturated carbocycles. The van der Waals surface area contributed by atoms with E-state index in [9.17, 15) is 0 Å². The number of rotatable bonds is 7. The van der Waals surface area contributed by atoms with Crippen LogP contribution in [0.2, 0.25) is 0 Å². The van der Waals surface area contributed by atoms with Gasteiger partial charge < -0.3 is 9.72 Å². The van der Waals surface area contributed by atoms with Crippen LogP contribution in [0.15, 0.2) is 60.8 Å². The van der Waals surface area contributed by atoms with E-state index in [0.717, 1.165) is 18.8 Å². The molecule has 0 unspecified atom stereocenters. The van der Waals surface area contributed by atoms with Gasteiger partial charge in [0.2, 0.25) is 0 Å². The first-order valence-corrected chi connectivity index (χ1v) is 8.39. The smallest absolute Gasteiger partial charge is 0.119 e. The number of nitrogens with zero attached hydrogens (tertiary/aromatic N) is 1. The highest BCUT2D eigenvalue weighted by atomic mass is 35.5. The minimum atomic E-state index is 0. The summed E-state index contributed by atoms with van der Waals surface area (Å²) < 4.78 is 5.46. The van der Waals surface area contributed by atoms with Crippen molar-refractivity contribution in [3.05, 3.63) is 71.9 Å². The molecule has 0 bridgehead atoms. The molecule has 0 aliphatic heterocycles. The summed E-state index contributed by atoms with van der Waals surface area (Å²) in [4.78, 5) is 5.64. The van der Waals surface area contributed by atoms with Crippen LogP contribution in [0.1, 0.15) is 18.1 Å². The minimum absolute atomic E-state index is 0. The number of hydrogen-bond donors (Lipinski definition) is 1. The second kappa shape index (κ2) is 9.30. The third-order valence-corrected chi connectivity index (χ3v) is 4.03. The van der Waals surface area contributed by atoms with E-state index in [4.69, 9.17) is 4.74 Å². The number of benzene rings is 2. The van der Waals surface area contributed by atoms with Crippen molar-refractivity contribution in [2.75, 3.05) is 20.2 Å². The second-order valence-electron chi connectivity index (χ2n) is 5.96. The SMILES string of the molecule is CCOc1ccc(/C=C/CN(C)Cc2cccc3cc[nH]c23)cc1.Cl. The van der Waals surface area contributed by atoms with Crippen LogP contribution in [0.5, 0.6) is 5.75 Å². The van der Waals surface area contributed by atoms with Crippen molar-refractivity contribution in [1.82, 2.24) is 9.88 Å². The van der Waals surface area contributed by atoms with Crippen molar-refractivity contribution in [3.63, 3.8) is 0 Å². The summed E-state index contributed by atoms with van der Waals surface area (Å²) in [6, 6.07) is 16.8. The van der Waals surface area contributed by atoms with Crippen molar-refractivity contribution >= 4 is 29.4 Å². The second-order valence-corrected chi connectivity index (χ2v) is 5.96. The molecule has 1 N–H and O–H groups in total. The summed E-state index contributed by atoms with van der Waals surface area (Å²) >= 11 is 0. The zero-order chi connectivity index (χ0) is 16.8. The lowest BCUT2D eigenvalue weighted by Crippen LogP contribution is -2.17. The van der Waals surface area contributed by atoms with Gasteiger partial charge in [-0.1, -0.05) is 42.5 Å². The van der Waals surface area contributed by atoms with Crippen molar-refractivity contribution in [3.8, 4) is 5.75 Å². The molecule has 0 atom stereocenters. The van der Waals surface area contributed by atoms with E-state index in [1.54, 1.807) is 0 Å². The molecular formula is C21H25ClN2O. The van der Waals surface area contributed by atoms with E-state index in [2.05, 4.69) is 65.5 Å². The molecule has 0 radical (unpaired) electrons. The van der Waals surface area contributed by atoms with Gasteiger partial charge in [0, 0.05) is 24.8 Å². The van der Waals surface area contributed by atoms with Crippen molar-refractivity contribution in [1.29, 1.82) is 0 Å². The van der Waals surface area contributed by atoms with E-state index in [-0.39, 0.29) is 12.4 Å². The number of H-pyrrole nitrogens is 1. The number of halogens is 1. The lowest BCUT2D eigenvalue weighted by molar-refractivity contribution is 0.340. The predicted molar refractivity (Wildman–Crippen MR) is 109 cm³/mol. The molecule has 25 heavy (non-hydrogen) atoms. The molecule has 2 aromatic carbocycles. The number of ether oxygens (including phenoxy) is 1. The molecule has 0 spiro atoms. The van der Waals surface area contributed by atoms with E-state index < -0.39 is 0 Å². The zero-order valence-corrected chi connectivity index (χ0v) is 15.6. The molecule has 3 rings (SSSR count). The third-order valence-electron chi connectivity index (χ3n) is 4.03. The molecule has 132 valence electrons. The first-order chi connectivity index (χ1) is 11.8. The molecule has 0 amide bonds. The number of nitrogens with one attached hydrogen (secondary N) is 1. The Morgan fingerprint density at radius 1 is 1.08 bits per heavy atom. The highest BCUT2D eigenvalue weighted by Gasteiger charge is 2.04. The maximum atomic E-state index is 5.46. The molecule has 0 aliphatic carbocycles. The van der Waals surface area contributed by atoms with Gasteiger partial charge in [-0.25, -0.2) is 0 Å². The topological polar surface area (TPSA) is 28.3 Å². The quantitative estimate of drug-likeness (QED) is 0.635. The normalized spacial score (nSPS) is 11.2. The number of likely N-dealkylation sites (N-methyl/N-ethyl adjacent to an activating group) is 1. The Bertz CT molecular complexity index is 808. The van der Waals surface area contributed by atoms with Crippen LogP contribution in [-0.4, -0.2) is 30.1 Å². The molecule has 0 aliphatic rings. The van der Waals surface area contributed by atoms with E-state index in [1.807, 2.05) is 25.3 Å². The number of aromatic amines is 1. The summed E-state index contributed by atoms with van der Waals surface area (Å²) in [7, 11) is 2.14. The van der Waals surface area contributed by atoms with Gasteiger partial charge in [0.05, 0.1) is 6.61 Å². The lowest BCUT2D eigenvalue weighted by Gasteiger charge is -2.15. The summed E-state index contributed by atoms with van der Waals surface area (Å²) in [5.74, 6) is 0.922. The van der Waals surface area contributed by atoms with Crippen molar-refractivity contribution < 1.29 is 4.74 Å². The Balaban J connectivity index is 0.00000225. The van der Waals surface area contributed by atoms with Crippen LogP contribution in [-0.2, 0) is 6.54 Å². The Morgan fingerprint density at radius 3 is 2.64 bits per heavy atom. The summed E-state index contributed by atoms with van der Waals surface area (Å²) in [6.07, 6.45) is 6.35. The molecule has 0 fully saturated rings. The highest BCUT2D eigenvalue weighted by Crippen LogP contribution is 2.18. The Morgan fingerprint density at radius 2 is 1.88 bits per heavy atom. The molecule has 3 nitrogen and oxygen atoms in total. The summed E-state index contributed by atoms with van der Waals surface area (Å²) in [5.41, 5.74) is 3.76. The Labute approximate surface area is 155 Å². The molecule has 0 saturated heterocycles. The number of para-hydroxylation sites is 1. The monoisotopic (exact) mass is 356 g/mol. The first-order valence-electron chi connectivity index (χ1n) is 8.39. The number of aromatic nitrogens is 1. The molecule has 3 aromatic rings. The molecular weight excluding hydrogens is 332 g/mol. The van der Waals surface area contributed by atoms with Gasteiger partial charge in [0.1, 0.15) is 5.75 Å². The van der Waals surface area contributed by atoms with Crippen LogP contribution in [0.4, 0.5) is 0 Å². The maximum Gasteiger partial charge on any atom is 0.119 e. The maximum absolute atomic E-state index is 5.46. The predicted octanol–water partition coefficient (Wildman–Crippen LogP) is 5.13. The largest absolute Gasteiger partial charge is 0.494 e.